The largest absolute Gasteiger partial charge is 0.459 e. The van der Waals surface area contributed by atoms with E-state index in [1.807, 2.05) is 36.4 Å². The third-order valence-corrected chi connectivity index (χ3v) is 7.21. The first-order valence-corrected chi connectivity index (χ1v) is 12.6. The SMILES string of the molecule is CCCSc1ncccc1C(=O)N1CCC(N2C(=O)OCC2C(=O)OCc2ccccc2)CC1. The topological polar surface area (TPSA) is 89.0 Å². The summed E-state index contributed by atoms with van der Waals surface area (Å²) >= 11 is 1.59. The lowest BCUT2D eigenvalue weighted by atomic mass is 10.0. The Morgan fingerprint density at radius 2 is 1.91 bits per heavy atom. The number of amides is 2. The maximum Gasteiger partial charge on any atom is 0.410 e. The number of nitrogens with zero attached hydrogens (tertiary/aromatic N) is 3. The minimum Gasteiger partial charge on any atom is -0.459 e. The molecular weight excluding hydrogens is 454 g/mol. The number of carbonyl (C=O) groups is 3. The molecule has 2 aliphatic rings. The van der Waals surface area contributed by atoms with Gasteiger partial charge in [0.2, 0.25) is 0 Å². The second kappa shape index (κ2) is 11.4. The van der Waals surface area contributed by atoms with Crippen LogP contribution in [-0.4, -0.2) is 70.3 Å². The third-order valence-electron chi connectivity index (χ3n) is 6.00. The first-order chi connectivity index (χ1) is 16.6. The number of ether oxygens (including phenoxy) is 2. The molecular formula is C25H29N3O5S. The molecule has 4 rings (SSSR count). The van der Waals surface area contributed by atoms with Crippen molar-refractivity contribution < 1.29 is 23.9 Å². The number of pyridine rings is 1. The third kappa shape index (κ3) is 5.52. The van der Waals surface area contributed by atoms with E-state index in [0.717, 1.165) is 22.8 Å². The summed E-state index contributed by atoms with van der Waals surface area (Å²) in [6, 6.07) is 12.1. The molecule has 2 amide bonds. The number of likely N-dealkylation sites (tertiary alicyclic amines) is 1. The second-order valence-corrected chi connectivity index (χ2v) is 9.40. The number of rotatable bonds is 8. The van der Waals surface area contributed by atoms with Crippen LogP contribution in [0.2, 0.25) is 0 Å². The number of aromatic nitrogens is 1. The number of hydrogen-bond donors (Lipinski definition) is 0. The van der Waals surface area contributed by atoms with Gasteiger partial charge in [-0.3, -0.25) is 9.69 Å². The average Bonchev–Trinajstić information content (AvgIpc) is 3.28. The van der Waals surface area contributed by atoms with Crippen molar-refractivity contribution in [3.05, 3.63) is 59.8 Å². The van der Waals surface area contributed by atoms with Crippen LogP contribution >= 0.6 is 11.8 Å². The fourth-order valence-electron chi connectivity index (χ4n) is 4.23. The molecule has 0 bridgehead atoms. The van der Waals surface area contributed by atoms with E-state index in [0.29, 0.717) is 31.5 Å². The smallest absolute Gasteiger partial charge is 0.410 e. The zero-order chi connectivity index (χ0) is 23.9. The molecule has 2 aromatic rings. The highest BCUT2D eigenvalue weighted by atomic mass is 32.2. The van der Waals surface area contributed by atoms with Crippen LogP contribution in [0.1, 0.15) is 42.1 Å². The Labute approximate surface area is 203 Å². The predicted molar refractivity (Wildman–Crippen MR) is 127 cm³/mol. The average molecular weight is 484 g/mol. The number of cyclic esters (lactones) is 1. The van der Waals surface area contributed by atoms with Crippen molar-refractivity contribution in [3.8, 4) is 0 Å². The van der Waals surface area contributed by atoms with Gasteiger partial charge in [-0.1, -0.05) is 37.3 Å². The van der Waals surface area contributed by atoms with Crippen LogP contribution in [0.15, 0.2) is 53.7 Å². The van der Waals surface area contributed by atoms with Crippen LogP contribution in [0.3, 0.4) is 0 Å². The zero-order valence-electron chi connectivity index (χ0n) is 19.2. The zero-order valence-corrected chi connectivity index (χ0v) is 20.0. The van der Waals surface area contributed by atoms with Gasteiger partial charge < -0.3 is 14.4 Å². The van der Waals surface area contributed by atoms with Crippen LogP contribution < -0.4 is 0 Å². The maximum atomic E-state index is 13.2. The van der Waals surface area contributed by atoms with Crippen LogP contribution in [0.4, 0.5) is 4.79 Å². The fraction of sp³-hybridized carbons (Fsp3) is 0.440. The fourth-order valence-corrected chi connectivity index (χ4v) is 5.07. The summed E-state index contributed by atoms with van der Waals surface area (Å²) in [5.74, 6) is 0.382. The summed E-state index contributed by atoms with van der Waals surface area (Å²) in [4.78, 5) is 46.0. The van der Waals surface area contributed by atoms with E-state index >= 15 is 0 Å². The van der Waals surface area contributed by atoms with Crippen molar-refractivity contribution in [1.29, 1.82) is 0 Å². The first-order valence-electron chi connectivity index (χ1n) is 11.6. The molecule has 0 N–H and O–H groups in total. The summed E-state index contributed by atoms with van der Waals surface area (Å²) in [6.07, 6.45) is 3.34. The van der Waals surface area contributed by atoms with Gasteiger partial charge in [0.1, 0.15) is 18.2 Å². The molecule has 0 radical (unpaired) electrons. The molecule has 34 heavy (non-hydrogen) atoms. The highest BCUT2D eigenvalue weighted by Crippen LogP contribution is 2.27. The number of piperidine rings is 1. The number of carbonyl (C=O) groups excluding carboxylic acids is 3. The lowest BCUT2D eigenvalue weighted by Crippen LogP contribution is -2.52. The van der Waals surface area contributed by atoms with E-state index in [4.69, 9.17) is 9.47 Å². The van der Waals surface area contributed by atoms with Gasteiger partial charge in [-0.15, -0.1) is 11.8 Å². The van der Waals surface area contributed by atoms with Crippen LogP contribution in [-0.2, 0) is 20.9 Å². The Bertz CT molecular complexity index is 1010. The van der Waals surface area contributed by atoms with Gasteiger partial charge in [0, 0.05) is 25.3 Å². The summed E-state index contributed by atoms with van der Waals surface area (Å²) < 4.78 is 10.7. The molecule has 2 aliphatic heterocycles. The molecule has 0 saturated carbocycles. The van der Waals surface area contributed by atoms with E-state index in [1.165, 1.54) is 4.90 Å². The van der Waals surface area contributed by atoms with Gasteiger partial charge in [-0.2, -0.15) is 0 Å². The van der Waals surface area contributed by atoms with Crippen LogP contribution in [0, 0.1) is 0 Å². The van der Waals surface area contributed by atoms with E-state index < -0.39 is 18.1 Å². The Balaban J connectivity index is 1.35. The lowest BCUT2D eigenvalue weighted by molar-refractivity contribution is -0.150. The predicted octanol–water partition coefficient (Wildman–Crippen LogP) is 3.75. The molecule has 0 aliphatic carbocycles. The Morgan fingerprint density at radius 3 is 2.65 bits per heavy atom. The molecule has 2 fully saturated rings. The maximum absolute atomic E-state index is 13.2. The molecule has 180 valence electrons. The summed E-state index contributed by atoms with van der Waals surface area (Å²) in [6.45, 7) is 3.21. The lowest BCUT2D eigenvalue weighted by Gasteiger charge is -2.37. The van der Waals surface area contributed by atoms with Gasteiger partial charge in [-0.25, -0.2) is 14.6 Å². The molecule has 1 atom stereocenters. The molecule has 2 saturated heterocycles. The van der Waals surface area contributed by atoms with Gasteiger partial charge in [0.15, 0.2) is 6.04 Å². The summed E-state index contributed by atoms with van der Waals surface area (Å²) in [5.41, 5.74) is 1.49. The molecule has 1 aromatic heterocycles. The molecule has 1 aromatic carbocycles. The minimum atomic E-state index is -0.765. The van der Waals surface area contributed by atoms with Crippen molar-refractivity contribution >= 4 is 29.7 Å². The molecule has 9 heteroatoms. The Kier molecular flexibility index (Phi) is 8.05. The van der Waals surface area contributed by atoms with Gasteiger partial charge in [-0.05, 0) is 42.7 Å². The highest BCUT2D eigenvalue weighted by molar-refractivity contribution is 7.99. The summed E-state index contributed by atoms with van der Waals surface area (Å²) in [7, 11) is 0. The standard InChI is InChI=1S/C25H29N3O5S/c1-2-15-34-22-20(9-6-12-26-22)23(29)27-13-10-19(11-14-27)28-21(17-33-25(28)31)24(30)32-16-18-7-4-3-5-8-18/h3-9,12,19,21H,2,10-11,13-17H2,1H3. The van der Waals surface area contributed by atoms with E-state index in [-0.39, 0.29) is 25.2 Å². The quantitative estimate of drug-likeness (QED) is 0.417. The number of benzene rings is 1. The van der Waals surface area contributed by atoms with E-state index in [2.05, 4.69) is 11.9 Å². The number of hydrogen-bond acceptors (Lipinski definition) is 7. The van der Waals surface area contributed by atoms with E-state index in [1.54, 1.807) is 28.9 Å². The number of thioether (sulfide) groups is 1. The van der Waals surface area contributed by atoms with Gasteiger partial charge >= 0.3 is 12.1 Å². The monoisotopic (exact) mass is 483 g/mol. The van der Waals surface area contributed by atoms with Crippen molar-refractivity contribution in [2.45, 2.75) is 49.9 Å². The second-order valence-electron chi connectivity index (χ2n) is 8.32. The highest BCUT2D eigenvalue weighted by Gasteiger charge is 2.44. The van der Waals surface area contributed by atoms with Crippen molar-refractivity contribution in [2.75, 3.05) is 25.4 Å². The van der Waals surface area contributed by atoms with E-state index in [9.17, 15) is 14.4 Å². The minimum absolute atomic E-state index is 0.0146. The number of esters is 1. The molecule has 3 heterocycles. The normalized spacial score (nSPS) is 18.6. The Hall–Kier alpha value is -3.07. The van der Waals surface area contributed by atoms with Crippen molar-refractivity contribution in [3.63, 3.8) is 0 Å². The Morgan fingerprint density at radius 1 is 1.15 bits per heavy atom. The van der Waals surface area contributed by atoms with Gasteiger partial charge in [0.25, 0.3) is 5.91 Å². The molecule has 1 unspecified atom stereocenters. The van der Waals surface area contributed by atoms with Crippen molar-refractivity contribution in [1.82, 2.24) is 14.8 Å². The van der Waals surface area contributed by atoms with Crippen LogP contribution in [0.5, 0.6) is 0 Å². The summed E-state index contributed by atoms with van der Waals surface area (Å²) in [5, 5.41) is 0.751. The van der Waals surface area contributed by atoms with Gasteiger partial charge in [0.05, 0.1) is 5.56 Å². The van der Waals surface area contributed by atoms with Crippen molar-refractivity contribution in [2.24, 2.45) is 0 Å². The first kappa shape index (κ1) is 24.1. The molecule has 0 spiro atoms. The molecule has 8 nitrogen and oxygen atoms in total. The van der Waals surface area contributed by atoms with Crippen LogP contribution in [0.25, 0.3) is 0 Å².